The van der Waals surface area contributed by atoms with Crippen LogP contribution in [-0.2, 0) is 44.8 Å². The van der Waals surface area contributed by atoms with Crippen molar-refractivity contribution in [2.45, 2.75) is 19.8 Å². The van der Waals surface area contributed by atoms with E-state index in [9.17, 15) is 0 Å². The van der Waals surface area contributed by atoms with E-state index in [4.69, 9.17) is 22.3 Å². The van der Waals surface area contributed by atoms with Crippen molar-refractivity contribution in [2.75, 3.05) is 6.61 Å². The summed E-state index contributed by atoms with van der Waals surface area (Å²) in [6.45, 7) is 2.77. The molecule has 0 aliphatic carbocycles. The molecule has 0 aromatic carbocycles. The zero-order valence-corrected chi connectivity index (χ0v) is 10.6. The molecule has 14 heavy (non-hydrogen) atoms. The van der Waals surface area contributed by atoms with E-state index in [1.54, 1.807) is 0 Å². The van der Waals surface area contributed by atoms with Gasteiger partial charge in [0.25, 0.3) is 0 Å². The summed E-state index contributed by atoms with van der Waals surface area (Å²) in [5.41, 5.74) is 0. The number of ether oxygens (including phenoxy) is 1. The largest absolute Gasteiger partial charge is 0.759 e. The summed E-state index contributed by atoms with van der Waals surface area (Å²) in [6, 6.07) is 0. The zero-order chi connectivity index (χ0) is 10.9. The monoisotopic (exact) mass is 308 g/mol. The van der Waals surface area contributed by atoms with Crippen LogP contribution in [0.1, 0.15) is 19.8 Å². The first kappa shape index (κ1) is 20.0. The number of thiocarbonyl (C=S) groups is 1. The van der Waals surface area contributed by atoms with Crippen LogP contribution in [-0.4, -0.2) is 28.5 Å². The molecule has 91 valence electrons. The summed E-state index contributed by atoms with van der Waals surface area (Å²) >= 11 is 9.00. The minimum absolute atomic E-state index is 0. The minimum atomic E-state index is -5.17. The molecule has 0 N–H and O–H groups in total. The van der Waals surface area contributed by atoms with Crippen LogP contribution in [0, 0.1) is 0 Å². The first-order valence-electron chi connectivity index (χ1n) is 3.27. The molecule has 0 bridgehead atoms. The number of rotatable bonds is 3. The van der Waals surface area contributed by atoms with E-state index in [1.165, 1.54) is 0 Å². The molecule has 0 atom stereocenters. The van der Waals surface area contributed by atoms with Gasteiger partial charge in [0.05, 0.1) is 6.61 Å². The van der Waals surface area contributed by atoms with Crippen LogP contribution in [0.25, 0.3) is 0 Å². The smallest absolute Gasteiger partial charge is 0.0858 e. The summed E-state index contributed by atoms with van der Waals surface area (Å²) in [5, 5.41) is 0. The topological polar surface area (TPSA) is 89.5 Å². The van der Waals surface area contributed by atoms with Gasteiger partial charge < -0.3 is 38.7 Å². The second-order valence-electron chi connectivity index (χ2n) is 1.86. The molecule has 0 saturated heterocycles. The van der Waals surface area contributed by atoms with Gasteiger partial charge >= 0.3 is 0 Å². The van der Waals surface area contributed by atoms with Crippen molar-refractivity contribution in [3.63, 3.8) is 0 Å². The number of hydrogen-bond donors (Lipinski definition) is 0. The molecule has 9 heteroatoms. The molecule has 0 aromatic heterocycles. The SMILES string of the molecule is CCCCOC(=S)[S-].O=S(=O)([O-])[O-].[Cu]. The molecule has 0 rings (SSSR count). The van der Waals surface area contributed by atoms with Gasteiger partial charge in [0.2, 0.25) is 0 Å². The van der Waals surface area contributed by atoms with Crippen molar-refractivity contribution >= 4 is 39.6 Å². The fourth-order valence-electron chi connectivity index (χ4n) is 0.300. The summed E-state index contributed by atoms with van der Waals surface area (Å²) in [6.07, 6.45) is 2.16. The van der Waals surface area contributed by atoms with Gasteiger partial charge in [0, 0.05) is 31.9 Å². The van der Waals surface area contributed by atoms with Gasteiger partial charge in [-0.3, -0.25) is 8.42 Å². The maximum Gasteiger partial charge on any atom is 0.0858 e. The van der Waals surface area contributed by atoms with E-state index in [2.05, 4.69) is 31.8 Å². The van der Waals surface area contributed by atoms with Crippen molar-refractivity contribution < 1.29 is 39.3 Å². The summed E-state index contributed by atoms with van der Waals surface area (Å²) in [4.78, 5) is 0. The van der Waals surface area contributed by atoms with E-state index in [0.717, 1.165) is 12.8 Å². The Morgan fingerprint density at radius 3 is 2.07 bits per heavy atom. The predicted octanol–water partition coefficient (Wildman–Crippen LogP) is 0.294. The average Bonchev–Trinajstić information content (AvgIpc) is 1.83. The van der Waals surface area contributed by atoms with Gasteiger partial charge in [-0.05, 0) is 6.42 Å². The summed E-state index contributed by atoms with van der Waals surface area (Å²) in [5.74, 6) is 0. The number of hydrogen-bond acceptors (Lipinski definition) is 7. The Labute approximate surface area is 105 Å². The molecule has 1 radical (unpaired) electrons. The van der Waals surface area contributed by atoms with Gasteiger partial charge in [0.15, 0.2) is 0 Å². The normalized spacial score (nSPS) is 9.07. The maximum atomic E-state index is 8.52. The third-order valence-electron chi connectivity index (χ3n) is 0.718. The summed E-state index contributed by atoms with van der Waals surface area (Å²) in [7, 11) is -5.17. The molecule has 0 amide bonds. The van der Waals surface area contributed by atoms with Crippen molar-refractivity contribution in [2.24, 2.45) is 0 Å². The van der Waals surface area contributed by atoms with Crippen LogP contribution >= 0.6 is 12.2 Å². The van der Waals surface area contributed by atoms with Crippen LogP contribution in [0.2, 0.25) is 0 Å². The number of unbranched alkanes of at least 4 members (excludes halogenated alkanes) is 1. The fraction of sp³-hybridized carbons (Fsp3) is 0.800. The Hall–Kier alpha value is 0.499. The molecule has 0 aliphatic rings. The Balaban J connectivity index is -0.000000177. The predicted molar refractivity (Wildman–Crippen MR) is 51.3 cm³/mol. The van der Waals surface area contributed by atoms with Crippen LogP contribution in [0.5, 0.6) is 0 Å². The quantitative estimate of drug-likeness (QED) is 0.185. The molecule has 0 fully saturated rings. The molecule has 0 spiro atoms. The van der Waals surface area contributed by atoms with Gasteiger partial charge in [-0.15, -0.1) is 0 Å². The molecule has 0 aliphatic heterocycles. The Bertz CT molecular complexity index is 220. The zero-order valence-electron chi connectivity index (χ0n) is 7.19. The van der Waals surface area contributed by atoms with Crippen molar-refractivity contribution in [1.82, 2.24) is 0 Å². The molecular formula is C5H9CuO5S3-3. The molecule has 0 unspecified atom stereocenters. The third-order valence-corrected chi connectivity index (χ3v) is 0.954. The van der Waals surface area contributed by atoms with Crippen LogP contribution in [0.4, 0.5) is 0 Å². The molecule has 0 aromatic rings. The van der Waals surface area contributed by atoms with Crippen LogP contribution in [0.15, 0.2) is 0 Å². The first-order valence-corrected chi connectivity index (χ1v) is 5.42. The van der Waals surface area contributed by atoms with Crippen molar-refractivity contribution in [3.8, 4) is 0 Å². The van der Waals surface area contributed by atoms with Crippen molar-refractivity contribution in [1.29, 1.82) is 0 Å². The van der Waals surface area contributed by atoms with Crippen LogP contribution in [0.3, 0.4) is 0 Å². The standard InChI is InChI=1S/C5H10OS2.Cu.H2O4S/c1-2-3-4-6-5(7)8;;1-5(2,3)4/h2-4H2,1H3,(H,7,8);;(H2,1,2,3,4)/p-3. The van der Waals surface area contributed by atoms with E-state index in [-0.39, 0.29) is 21.5 Å². The minimum Gasteiger partial charge on any atom is -0.759 e. The van der Waals surface area contributed by atoms with E-state index in [0.29, 0.717) is 6.61 Å². The Morgan fingerprint density at radius 1 is 1.50 bits per heavy atom. The third kappa shape index (κ3) is 54.7. The molecular weight excluding hydrogens is 300 g/mol. The Kier molecular flexibility index (Phi) is 16.5. The van der Waals surface area contributed by atoms with Gasteiger partial charge in [0.1, 0.15) is 0 Å². The molecule has 5 nitrogen and oxygen atoms in total. The Morgan fingerprint density at radius 2 is 1.86 bits per heavy atom. The van der Waals surface area contributed by atoms with E-state index in [1.807, 2.05) is 0 Å². The van der Waals surface area contributed by atoms with Gasteiger partial charge in [-0.1, -0.05) is 13.3 Å². The average molecular weight is 309 g/mol. The van der Waals surface area contributed by atoms with E-state index < -0.39 is 10.4 Å². The van der Waals surface area contributed by atoms with Gasteiger partial charge in [-0.2, -0.15) is 0 Å². The van der Waals surface area contributed by atoms with Gasteiger partial charge in [-0.25, -0.2) is 0 Å². The molecule has 0 heterocycles. The second-order valence-corrected chi connectivity index (χ2v) is 3.68. The van der Waals surface area contributed by atoms with Crippen LogP contribution < -0.4 is 0 Å². The maximum absolute atomic E-state index is 8.52. The second kappa shape index (κ2) is 11.6. The van der Waals surface area contributed by atoms with Crippen molar-refractivity contribution in [3.05, 3.63) is 0 Å². The first-order chi connectivity index (χ1) is 5.77. The molecule has 0 saturated carbocycles. The van der Waals surface area contributed by atoms with E-state index >= 15 is 0 Å². The fourth-order valence-corrected chi connectivity index (χ4v) is 0.467. The summed E-state index contributed by atoms with van der Waals surface area (Å²) < 4.78 is 39.1.